The van der Waals surface area contributed by atoms with Crippen LogP contribution in [0.5, 0.6) is 0 Å². The molecule has 0 aromatic carbocycles. The monoisotopic (exact) mass is 209 g/mol. The van der Waals surface area contributed by atoms with Crippen LogP contribution in [0.4, 0.5) is 0 Å². The average molecular weight is 209 g/mol. The predicted octanol–water partition coefficient (Wildman–Crippen LogP) is 0.332. The Morgan fingerprint density at radius 1 is 1.00 bits per heavy atom. The smallest absolute Gasteiger partial charge is 0.0781 e. The molecule has 5 N–H and O–H groups in total. The van der Waals surface area contributed by atoms with E-state index < -0.39 is 6.10 Å². The molecule has 3 unspecified atom stereocenters. The second kappa shape index (κ2) is 9.36. The van der Waals surface area contributed by atoms with E-state index in [9.17, 15) is 0 Å². The summed E-state index contributed by atoms with van der Waals surface area (Å²) in [5.41, 5.74) is 0. The van der Waals surface area contributed by atoms with E-state index in [1.807, 2.05) is 6.92 Å². The second-order valence-electron chi connectivity index (χ2n) is 3.32. The lowest BCUT2D eigenvalue weighted by molar-refractivity contribution is -0.0620. The lowest BCUT2D eigenvalue weighted by atomic mass is 10.4. The molecular weight excluding hydrogens is 186 g/mol. The first-order chi connectivity index (χ1) is 6.06. The average Bonchev–Trinajstić information content (AvgIpc) is 2.10. The summed E-state index contributed by atoms with van der Waals surface area (Å²) in [6, 6.07) is 0. The third kappa shape index (κ3) is 9.88. The maximum absolute atomic E-state index is 8.92. The van der Waals surface area contributed by atoms with Crippen LogP contribution in [-0.4, -0.2) is 48.3 Å². The summed E-state index contributed by atoms with van der Waals surface area (Å²) in [6.45, 7) is 6.10. The molecule has 3 atom stereocenters. The van der Waals surface area contributed by atoms with Gasteiger partial charge in [0.1, 0.15) is 0 Å². The van der Waals surface area contributed by atoms with Crippen molar-refractivity contribution in [3.63, 3.8) is 0 Å². The van der Waals surface area contributed by atoms with Crippen molar-refractivity contribution in [3.8, 4) is 0 Å². The molecule has 0 aliphatic carbocycles. The van der Waals surface area contributed by atoms with E-state index in [1.54, 1.807) is 13.8 Å². The van der Waals surface area contributed by atoms with Gasteiger partial charge >= 0.3 is 0 Å². The number of aliphatic hydroxyl groups is 2. The fraction of sp³-hybridized carbons (Fsp3) is 1.00. The van der Waals surface area contributed by atoms with E-state index in [0.29, 0.717) is 13.2 Å². The van der Waals surface area contributed by atoms with Crippen molar-refractivity contribution >= 4 is 0 Å². The number of rotatable bonds is 7. The number of aliphatic hydroxyl groups excluding tert-OH is 2. The molecule has 0 aliphatic heterocycles. The van der Waals surface area contributed by atoms with E-state index in [2.05, 4.69) is 0 Å². The lowest BCUT2D eigenvalue weighted by Gasteiger charge is -2.16. The van der Waals surface area contributed by atoms with Crippen LogP contribution in [0.3, 0.4) is 0 Å². The van der Waals surface area contributed by atoms with Crippen LogP contribution >= 0.6 is 0 Å². The normalized spacial score (nSPS) is 16.9. The number of hydrogen-bond donors (Lipinski definition) is 3. The van der Waals surface area contributed by atoms with Crippen molar-refractivity contribution in [3.05, 3.63) is 0 Å². The van der Waals surface area contributed by atoms with Gasteiger partial charge in [0, 0.05) is 0 Å². The summed E-state index contributed by atoms with van der Waals surface area (Å²) in [5, 5.41) is 17.6. The molecule has 0 heterocycles. The van der Waals surface area contributed by atoms with Crippen LogP contribution < -0.4 is 6.15 Å². The van der Waals surface area contributed by atoms with E-state index in [-0.39, 0.29) is 25.0 Å². The Kier molecular flexibility index (Phi) is 10.9. The summed E-state index contributed by atoms with van der Waals surface area (Å²) in [6.07, 6.45) is -0.654. The first kappa shape index (κ1) is 16.2. The van der Waals surface area contributed by atoms with Crippen LogP contribution in [0.1, 0.15) is 20.8 Å². The Morgan fingerprint density at radius 3 is 1.93 bits per heavy atom. The van der Waals surface area contributed by atoms with Gasteiger partial charge in [-0.2, -0.15) is 0 Å². The third-order valence-electron chi connectivity index (χ3n) is 1.49. The minimum atomic E-state index is -0.447. The van der Waals surface area contributed by atoms with E-state index in [4.69, 9.17) is 19.7 Å². The minimum Gasteiger partial charge on any atom is -0.394 e. The van der Waals surface area contributed by atoms with Crippen LogP contribution in [-0.2, 0) is 9.47 Å². The summed E-state index contributed by atoms with van der Waals surface area (Å²) in [7, 11) is 0. The highest BCUT2D eigenvalue weighted by atomic mass is 16.5. The first-order valence-corrected chi connectivity index (χ1v) is 4.58. The van der Waals surface area contributed by atoms with Crippen LogP contribution in [0.25, 0.3) is 0 Å². The van der Waals surface area contributed by atoms with Gasteiger partial charge in [-0.05, 0) is 20.8 Å². The molecule has 0 aromatic heterocycles. The zero-order chi connectivity index (χ0) is 10.3. The molecule has 5 nitrogen and oxygen atoms in total. The maximum atomic E-state index is 8.92. The van der Waals surface area contributed by atoms with Gasteiger partial charge in [-0.3, -0.25) is 0 Å². The molecule has 0 saturated carbocycles. The molecule has 14 heavy (non-hydrogen) atoms. The molecule has 0 aliphatic rings. The Bertz CT molecular complexity index is 121. The van der Waals surface area contributed by atoms with Crippen LogP contribution in [0, 0.1) is 0 Å². The maximum Gasteiger partial charge on any atom is 0.0781 e. The fourth-order valence-electron chi connectivity index (χ4n) is 0.704. The molecule has 0 amide bonds. The second-order valence-corrected chi connectivity index (χ2v) is 3.32. The van der Waals surface area contributed by atoms with Crippen molar-refractivity contribution in [2.45, 2.75) is 39.1 Å². The lowest BCUT2D eigenvalue weighted by Crippen LogP contribution is -2.24. The third-order valence-corrected chi connectivity index (χ3v) is 1.49. The summed E-state index contributed by atoms with van der Waals surface area (Å²) in [4.78, 5) is 0. The Hall–Kier alpha value is -0.200. The highest BCUT2D eigenvalue weighted by Gasteiger charge is 2.06. The van der Waals surface area contributed by atoms with E-state index >= 15 is 0 Å². The highest BCUT2D eigenvalue weighted by molar-refractivity contribution is 4.52. The zero-order valence-electron chi connectivity index (χ0n) is 9.27. The fourth-order valence-corrected chi connectivity index (χ4v) is 0.704. The Balaban J connectivity index is 0. The molecule has 5 heteroatoms. The summed E-state index contributed by atoms with van der Waals surface area (Å²) in [5.74, 6) is 0. The molecule has 0 aromatic rings. The molecule has 0 bridgehead atoms. The topological polar surface area (TPSA) is 93.9 Å². The first-order valence-electron chi connectivity index (χ1n) is 4.58. The van der Waals surface area contributed by atoms with Gasteiger partial charge in [-0.25, -0.2) is 0 Å². The van der Waals surface area contributed by atoms with Gasteiger partial charge in [-0.15, -0.1) is 0 Å². The quantitative estimate of drug-likeness (QED) is 0.562. The van der Waals surface area contributed by atoms with Gasteiger partial charge in [-0.1, -0.05) is 0 Å². The number of hydrogen-bond acceptors (Lipinski definition) is 5. The standard InChI is InChI=1S/C9H20O4.H3N/c1-7(11)5-12-9(3)6-13-8(2)4-10;/h7-11H,4-6H2,1-3H3;1H3. The van der Waals surface area contributed by atoms with E-state index in [1.165, 1.54) is 0 Å². The molecule has 0 spiro atoms. The van der Waals surface area contributed by atoms with Gasteiger partial charge in [0.2, 0.25) is 0 Å². The minimum absolute atomic E-state index is 0. The zero-order valence-corrected chi connectivity index (χ0v) is 9.27. The molecule has 0 radical (unpaired) electrons. The van der Waals surface area contributed by atoms with Crippen molar-refractivity contribution < 1.29 is 19.7 Å². The predicted molar refractivity (Wildman–Crippen MR) is 54.6 cm³/mol. The van der Waals surface area contributed by atoms with Gasteiger partial charge in [0.15, 0.2) is 0 Å². The molecule has 0 fully saturated rings. The van der Waals surface area contributed by atoms with Crippen molar-refractivity contribution in [2.75, 3.05) is 19.8 Å². The largest absolute Gasteiger partial charge is 0.394 e. The Morgan fingerprint density at radius 2 is 1.50 bits per heavy atom. The van der Waals surface area contributed by atoms with Crippen LogP contribution in [0.15, 0.2) is 0 Å². The van der Waals surface area contributed by atoms with E-state index in [0.717, 1.165) is 0 Å². The van der Waals surface area contributed by atoms with Gasteiger partial charge < -0.3 is 25.8 Å². The summed E-state index contributed by atoms with van der Waals surface area (Å²) < 4.78 is 10.5. The summed E-state index contributed by atoms with van der Waals surface area (Å²) >= 11 is 0. The molecule has 0 saturated heterocycles. The van der Waals surface area contributed by atoms with Crippen molar-refractivity contribution in [2.24, 2.45) is 0 Å². The molecule has 0 rings (SSSR count). The SMILES string of the molecule is CC(O)COC(C)COC(C)CO.N. The Labute approximate surface area is 85.6 Å². The van der Waals surface area contributed by atoms with Gasteiger partial charge in [0.05, 0.1) is 38.1 Å². The highest BCUT2D eigenvalue weighted by Crippen LogP contribution is 1.97. The van der Waals surface area contributed by atoms with Gasteiger partial charge in [0.25, 0.3) is 0 Å². The van der Waals surface area contributed by atoms with Crippen molar-refractivity contribution in [1.82, 2.24) is 6.15 Å². The van der Waals surface area contributed by atoms with Crippen LogP contribution in [0.2, 0.25) is 0 Å². The van der Waals surface area contributed by atoms with Crippen molar-refractivity contribution in [1.29, 1.82) is 0 Å². The molecule has 88 valence electrons. The number of ether oxygens (including phenoxy) is 2. The molecular formula is C9H23NO4.